The molecule has 1 saturated heterocycles. The summed E-state index contributed by atoms with van der Waals surface area (Å²) in [4.78, 5) is 26.6. The fraction of sp³-hybridized carbons (Fsp3) is 0.556. The van der Waals surface area contributed by atoms with Crippen molar-refractivity contribution in [3.8, 4) is 5.75 Å². The first kappa shape index (κ1) is 15.8. The van der Waals surface area contributed by atoms with Crippen LogP contribution in [-0.2, 0) is 9.59 Å². The minimum atomic E-state index is -0.244. The van der Waals surface area contributed by atoms with Crippen molar-refractivity contribution in [3.05, 3.63) is 24.3 Å². The molecule has 2 amide bonds. The standard InChI is InChI=1S/C18H24N2O3/c1-23-16-9-7-14(8-10-16)19-18(22)13-11-17(21)20(12-13)15-5-3-2-4-6-15/h7-10,13,15H,2-6,11-12H2,1H3,(H,19,22)/t13-/m1/s1. The number of ether oxygens (including phenoxy) is 1. The van der Waals surface area contributed by atoms with Gasteiger partial charge < -0.3 is 15.0 Å². The predicted molar refractivity (Wildman–Crippen MR) is 88.3 cm³/mol. The first-order valence-corrected chi connectivity index (χ1v) is 8.42. The Morgan fingerprint density at radius 3 is 2.52 bits per heavy atom. The van der Waals surface area contributed by atoms with Gasteiger partial charge in [0.05, 0.1) is 13.0 Å². The highest BCUT2D eigenvalue weighted by Gasteiger charge is 2.38. The van der Waals surface area contributed by atoms with Crippen LogP contribution in [-0.4, -0.2) is 36.4 Å². The Bertz CT molecular complexity index is 564. The van der Waals surface area contributed by atoms with Crippen molar-refractivity contribution in [2.24, 2.45) is 5.92 Å². The summed E-state index contributed by atoms with van der Waals surface area (Å²) in [6.07, 6.45) is 6.14. The van der Waals surface area contributed by atoms with Gasteiger partial charge in [0, 0.05) is 24.7 Å². The molecule has 124 valence electrons. The molecule has 0 unspecified atom stereocenters. The van der Waals surface area contributed by atoms with E-state index in [1.54, 1.807) is 7.11 Å². The fourth-order valence-electron chi connectivity index (χ4n) is 3.57. The molecular weight excluding hydrogens is 292 g/mol. The second-order valence-corrected chi connectivity index (χ2v) is 6.46. The average Bonchev–Trinajstić information content (AvgIpc) is 2.98. The second kappa shape index (κ2) is 7.02. The third-order valence-electron chi connectivity index (χ3n) is 4.90. The van der Waals surface area contributed by atoms with Crippen LogP contribution in [0.1, 0.15) is 38.5 Å². The van der Waals surface area contributed by atoms with Gasteiger partial charge in [0.1, 0.15) is 5.75 Å². The van der Waals surface area contributed by atoms with Crippen molar-refractivity contribution in [3.63, 3.8) is 0 Å². The second-order valence-electron chi connectivity index (χ2n) is 6.46. The van der Waals surface area contributed by atoms with Crippen LogP contribution < -0.4 is 10.1 Å². The van der Waals surface area contributed by atoms with Crippen molar-refractivity contribution in [1.29, 1.82) is 0 Å². The van der Waals surface area contributed by atoms with Crippen LogP contribution in [0.3, 0.4) is 0 Å². The molecule has 5 nitrogen and oxygen atoms in total. The lowest BCUT2D eigenvalue weighted by Crippen LogP contribution is -2.38. The lowest BCUT2D eigenvalue weighted by atomic mass is 9.94. The SMILES string of the molecule is COc1ccc(NC(=O)[C@@H]2CC(=O)N(C3CCCCC3)C2)cc1. The molecule has 1 aliphatic carbocycles. The van der Waals surface area contributed by atoms with Crippen LogP contribution in [0.2, 0.25) is 0 Å². The van der Waals surface area contributed by atoms with E-state index in [0.29, 0.717) is 19.0 Å². The number of nitrogens with one attached hydrogen (secondary N) is 1. The Labute approximate surface area is 137 Å². The zero-order valence-electron chi connectivity index (χ0n) is 13.6. The Balaban J connectivity index is 1.58. The van der Waals surface area contributed by atoms with Gasteiger partial charge in [0.2, 0.25) is 11.8 Å². The molecule has 0 spiro atoms. The topological polar surface area (TPSA) is 58.6 Å². The molecular formula is C18H24N2O3. The van der Waals surface area contributed by atoms with Crippen LogP contribution in [0.5, 0.6) is 5.75 Å². The van der Waals surface area contributed by atoms with Gasteiger partial charge in [-0.05, 0) is 37.1 Å². The van der Waals surface area contributed by atoms with E-state index in [-0.39, 0.29) is 17.7 Å². The number of carbonyl (C=O) groups excluding carboxylic acids is 2. The maximum absolute atomic E-state index is 12.4. The fourth-order valence-corrected chi connectivity index (χ4v) is 3.57. The van der Waals surface area contributed by atoms with E-state index < -0.39 is 0 Å². The Morgan fingerprint density at radius 1 is 1.17 bits per heavy atom. The van der Waals surface area contributed by atoms with E-state index in [4.69, 9.17) is 4.74 Å². The molecule has 1 aliphatic heterocycles. The van der Waals surface area contributed by atoms with Gasteiger partial charge in [-0.2, -0.15) is 0 Å². The zero-order chi connectivity index (χ0) is 16.2. The maximum Gasteiger partial charge on any atom is 0.229 e. The smallest absolute Gasteiger partial charge is 0.229 e. The quantitative estimate of drug-likeness (QED) is 0.929. The highest BCUT2D eigenvalue weighted by atomic mass is 16.5. The van der Waals surface area contributed by atoms with E-state index in [0.717, 1.165) is 24.3 Å². The summed E-state index contributed by atoms with van der Waals surface area (Å²) in [5.41, 5.74) is 0.736. The van der Waals surface area contributed by atoms with Crippen LogP contribution >= 0.6 is 0 Å². The van der Waals surface area contributed by atoms with Gasteiger partial charge in [-0.15, -0.1) is 0 Å². The van der Waals surface area contributed by atoms with E-state index in [1.165, 1.54) is 19.3 Å². The summed E-state index contributed by atoms with van der Waals surface area (Å²) in [5.74, 6) is 0.572. The summed E-state index contributed by atoms with van der Waals surface area (Å²) in [6, 6.07) is 7.58. The molecule has 1 N–H and O–H groups in total. The molecule has 3 rings (SSSR count). The van der Waals surface area contributed by atoms with Crippen LogP contribution in [0.15, 0.2) is 24.3 Å². The van der Waals surface area contributed by atoms with Crippen molar-refractivity contribution in [1.82, 2.24) is 4.90 Å². The van der Waals surface area contributed by atoms with Crippen LogP contribution in [0, 0.1) is 5.92 Å². The molecule has 0 bridgehead atoms. The number of amides is 2. The molecule has 1 saturated carbocycles. The Kier molecular flexibility index (Phi) is 4.84. The number of hydrogen-bond acceptors (Lipinski definition) is 3. The molecule has 1 heterocycles. The molecule has 5 heteroatoms. The number of methoxy groups -OCH3 is 1. The van der Waals surface area contributed by atoms with Gasteiger partial charge in [-0.1, -0.05) is 19.3 Å². The lowest BCUT2D eigenvalue weighted by molar-refractivity contribution is -0.130. The third kappa shape index (κ3) is 3.66. The molecule has 1 aromatic carbocycles. The number of benzene rings is 1. The van der Waals surface area contributed by atoms with Crippen molar-refractivity contribution in [2.45, 2.75) is 44.6 Å². The minimum absolute atomic E-state index is 0.0678. The minimum Gasteiger partial charge on any atom is -0.497 e. The summed E-state index contributed by atoms with van der Waals surface area (Å²) in [7, 11) is 1.61. The molecule has 23 heavy (non-hydrogen) atoms. The summed E-state index contributed by atoms with van der Waals surface area (Å²) in [5, 5.41) is 2.91. The number of rotatable bonds is 4. The number of likely N-dealkylation sites (tertiary alicyclic amines) is 1. The molecule has 2 aliphatic rings. The van der Waals surface area contributed by atoms with E-state index in [1.807, 2.05) is 29.2 Å². The van der Waals surface area contributed by atoms with Gasteiger partial charge in [0.15, 0.2) is 0 Å². The van der Waals surface area contributed by atoms with Crippen molar-refractivity contribution >= 4 is 17.5 Å². The van der Waals surface area contributed by atoms with Crippen molar-refractivity contribution < 1.29 is 14.3 Å². The Hall–Kier alpha value is -2.04. The number of hydrogen-bond donors (Lipinski definition) is 1. The zero-order valence-corrected chi connectivity index (χ0v) is 13.6. The summed E-state index contributed by atoms with van der Waals surface area (Å²) < 4.78 is 5.11. The average molecular weight is 316 g/mol. The van der Waals surface area contributed by atoms with E-state index in [2.05, 4.69) is 5.32 Å². The lowest BCUT2D eigenvalue weighted by Gasteiger charge is -2.31. The number of carbonyl (C=O) groups is 2. The van der Waals surface area contributed by atoms with E-state index >= 15 is 0 Å². The van der Waals surface area contributed by atoms with Crippen LogP contribution in [0.4, 0.5) is 5.69 Å². The molecule has 1 atom stereocenters. The van der Waals surface area contributed by atoms with Gasteiger partial charge >= 0.3 is 0 Å². The largest absolute Gasteiger partial charge is 0.497 e. The first-order valence-electron chi connectivity index (χ1n) is 8.42. The van der Waals surface area contributed by atoms with E-state index in [9.17, 15) is 9.59 Å². The Morgan fingerprint density at radius 2 is 1.87 bits per heavy atom. The normalized spacial score (nSPS) is 22.2. The van der Waals surface area contributed by atoms with Gasteiger partial charge in [0.25, 0.3) is 0 Å². The molecule has 1 aromatic rings. The molecule has 2 fully saturated rings. The molecule has 0 radical (unpaired) electrons. The number of anilines is 1. The highest BCUT2D eigenvalue weighted by Crippen LogP contribution is 2.29. The third-order valence-corrected chi connectivity index (χ3v) is 4.90. The number of nitrogens with zero attached hydrogens (tertiary/aromatic N) is 1. The summed E-state index contributed by atoms with van der Waals surface area (Å²) in [6.45, 7) is 0.561. The molecule has 0 aromatic heterocycles. The van der Waals surface area contributed by atoms with Crippen molar-refractivity contribution in [2.75, 3.05) is 19.0 Å². The predicted octanol–water partition coefficient (Wildman–Crippen LogP) is 2.81. The van der Waals surface area contributed by atoms with Gasteiger partial charge in [-0.25, -0.2) is 0 Å². The summed E-state index contributed by atoms with van der Waals surface area (Å²) >= 11 is 0. The van der Waals surface area contributed by atoms with Gasteiger partial charge in [-0.3, -0.25) is 9.59 Å². The maximum atomic E-state index is 12.4. The van der Waals surface area contributed by atoms with Crippen LogP contribution in [0.25, 0.3) is 0 Å². The monoisotopic (exact) mass is 316 g/mol. The first-order chi connectivity index (χ1) is 11.2. The highest BCUT2D eigenvalue weighted by molar-refractivity contribution is 5.97.